The lowest BCUT2D eigenvalue weighted by molar-refractivity contribution is 0.763. The van der Waals surface area contributed by atoms with Crippen LogP contribution in [-0.4, -0.2) is 36.7 Å². The Morgan fingerprint density at radius 1 is 1.47 bits per heavy atom. The van der Waals surface area contributed by atoms with Crippen LogP contribution in [0.3, 0.4) is 0 Å². The molecule has 0 aliphatic carbocycles. The van der Waals surface area contributed by atoms with Gasteiger partial charge in [-0.25, -0.2) is 0 Å². The van der Waals surface area contributed by atoms with Crippen molar-refractivity contribution in [3.63, 3.8) is 0 Å². The fourth-order valence-corrected chi connectivity index (χ4v) is 3.50. The maximum atomic E-state index is 7.86. The second-order valence-corrected chi connectivity index (χ2v) is 6.63. The molecule has 3 N–H and O–H groups in total. The molecule has 0 aliphatic heterocycles. The third kappa shape index (κ3) is 4.08. The molecule has 0 fully saturated rings. The van der Waals surface area contributed by atoms with Gasteiger partial charge in [0.15, 0.2) is 0 Å². The molecular weight excluding hydrogens is 274 g/mol. The van der Waals surface area contributed by atoms with Crippen molar-refractivity contribution in [1.29, 1.82) is 5.41 Å². The van der Waals surface area contributed by atoms with E-state index in [1.54, 1.807) is 11.8 Å². The Bertz CT molecular complexity index is 435. The van der Waals surface area contributed by atoms with E-state index < -0.39 is 0 Å². The van der Waals surface area contributed by atoms with E-state index in [9.17, 15) is 0 Å². The number of nitrogens with zero attached hydrogens (tertiary/aromatic N) is 1. The van der Waals surface area contributed by atoms with Gasteiger partial charge in [-0.1, -0.05) is 13.0 Å². The topological polar surface area (TPSA) is 53.1 Å². The van der Waals surface area contributed by atoms with Gasteiger partial charge in [0.25, 0.3) is 0 Å². The van der Waals surface area contributed by atoms with Gasteiger partial charge in [-0.05, 0) is 31.1 Å². The number of amidine groups is 1. The van der Waals surface area contributed by atoms with Crippen LogP contribution in [0.25, 0.3) is 0 Å². The Hall–Kier alpha value is -0.810. The van der Waals surface area contributed by atoms with Crippen molar-refractivity contribution in [2.24, 2.45) is 5.73 Å². The number of hydrogen-bond donors (Lipinski definition) is 2. The largest absolute Gasteiger partial charge is 0.384 e. The zero-order valence-electron chi connectivity index (χ0n) is 12.1. The summed E-state index contributed by atoms with van der Waals surface area (Å²) in [4.78, 5) is 3.31. The number of nitrogens with two attached hydrogens (primary N) is 1. The number of thioether (sulfide) groups is 2. The van der Waals surface area contributed by atoms with Gasteiger partial charge in [0.2, 0.25) is 0 Å². The Morgan fingerprint density at radius 2 is 2.16 bits per heavy atom. The molecule has 0 heterocycles. The molecule has 1 rings (SSSR count). The molecule has 0 saturated heterocycles. The highest BCUT2D eigenvalue weighted by molar-refractivity contribution is 7.99. The van der Waals surface area contributed by atoms with Crippen LogP contribution in [0.5, 0.6) is 0 Å². The smallest absolute Gasteiger partial charge is 0.126 e. The first-order valence-corrected chi connectivity index (χ1v) is 8.72. The maximum Gasteiger partial charge on any atom is 0.126 e. The molecular formula is C14H23N3S2. The number of nitrogen functional groups attached to an aromatic ring is 1. The molecule has 0 bridgehead atoms. The standard InChI is InChI=1S/C14H23N3S2/c1-5-19-12-8-6-7-11(13(12)14(15)16)17(3)10(2)9-18-4/h6-8,10H,5,9H2,1-4H3,(H3,15,16). The van der Waals surface area contributed by atoms with E-state index >= 15 is 0 Å². The first-order chi connectivity index (χ1) is 9.02. The molecule has 0 aliphatic rings. The molecule has 3 nitrogen and oxygen atoms in total. The normalized spacial score (nSPS) is 12.2. The van der Waals surface area contributed by atoms with Crippen LogP contribution in [0.15, 0.2) is 23.1 Å². The van der Waals surface area contributed by atoms with Crippen LogP contribution in [-0.2, 0) is 0 Å². The van der Waals surface area contributed by atoms with Gasteiger partial charge in [0.05, 0.1) is 5.56 Å². The van der Waals surface area contributed by atoms with Gasteiger partial charge >= 0.3 is 0 Å². The van der Waals surface area contributed by atoms with Crippen LogP contribution in [0.2, 0.25) is 0 Å². The van der Waals surface area contributed by atoms with Crippen molar-refractivity contribution in [2.75, 3.05) is 29.7 Å². The summed E-state index contributed by atoms with van der Waals surface area (Å²) < 4.78 is 0. The SMILES string of the molecule is CCSc1cccc(N(C)C(C)CSC)c1C(=N)N. The average molecular weight is 297 g/mol. The summed E-state index contributed by atoms with van der Waals surface area (Å²) in [5.74, 6) is 2.18. The Morgan fingerprint density at radius 3 is 2.68 bits per heavy atom. The molecule has 1 aromatic carbocycles. The minimum atomic E-state index is 0.148. The molecule has 106 valence electrons. The predicted molar refractivity (Wildman–Crippen MR) is 90.1 cm³/mol. The molecule has 0 radical (unpaired) electrons. The second kappa shape index (κ2) is 7.70. The monoisotopic (exact) mass is 297 g/mol. The van der Waals surface area contributed by atoms with Gasteiger partial charge in [-0.15, -0.1) is 11.8 Å². The predicted octanol–water partition coefficient (Wildman–Crippen LogP) is 3.27. The van der Waals surface area contributed by atoms with E-state index in [-0.39, 0.29) is 5.84 Å². The molecule has 5 heteroatoms. The second-order valence-electron chi connectivity index (χ2n) is 4.41. The highest BCUT2D eigenvalue weighted by Crippen LogP contribution is 2.31. The Kier molecular flexibility index (Phi) is 6.58. The quantitative estimate of drug-likeness (QED) is 0.461. The Labute approximate surface area is 124 Å². The van der Waals surface area contributed by atoms with E-state index in [0.717, 1.165) is 27.7 Å². The van der Waals surface area contributed by atoms with Crippen molar-refractivity contribution in [1.82, 2.24) is 0 Å². The minimum absolute atomic E-state index is 0.148. The lowest BCUT2D eigenvalue weighted by Gasteiger charge is -2.29. The first kappa shape index (κ1) is 16.2. The van der Waals surface area contributed by atoms with Crippen LogP contribution in [0.1, 0.15) is 19.4 Å². The molecule has 1 atom stereocenters. The highest BCUT2D eigenvalue weighted by Gasteiger charge is 2.17. The number of benzene rings is 1. The van der Waals surface area contributed by atoms with E-state index in [1.807, 2.05) is 30.0 Å². The summed E-state index contributed by atoms with van der Waals surface area (Å²) in [6, 6.07) is 6.55. The van der Waals surface area contributed by atoms with E-state index in [4.69, 9.17) is 11.1 Å². The Balaban J connectivity index is 3.18. The van der Waals surface area contributed by atoms with E-state index in [0.29, 0.717) is 6.04 Å². The molecule has 1 aromatic rings. The summed E-state index contributed by atoms with van der Waals surface area (Å²) >= 11 is 3.56. The van der Waals surface area contributed by atoms with Crippen LogP contribution in [0.4, 0.5) is 5.69 Å². The molecule has 0 aromatic heterocycles. The van der Waals surface area contributed by atoms with Gasteiger partial charge in [0.1, 0.15) is 5.84 Å². The number of hydrogen-bond acceptors (Lipinski definition) is 4. The molecule has 1 unspecified atom stereocenters. The van der Waals surface area contributed by atoms with Crippen LogP contribution >= 0.6 is 23.5 Å². The number of rotatable bonds is 7. The van der Waals surface area contributed by atoms with Crippen molar-refractivity contribution in [3.8, 4) is 0 Å². The minimum Gasteiger partial charge on any atom is -0.384 e. The summed E-state index contributed by atoms with van der Waals surface area (Å²) in [6.45, 7) is 4.31. The summed E-state index contributed by atoms with van der Waals surface area (Å²) in [6.07, 6.45) is 2.11. The van der Waals surface area contributed by atoms with Gasteiger partial charge in [0, 0.05) is 29.4 Å². The number of nitrogens with one attached hydrogen (secondary N) is 1. The van der Waals surface area contributed by atoms with Crippen molar-refractivity contribution in [2.45, 2.75) is 24.8 Å². The highest BCUT2D eigenvalue weighted by atomic mass is 32.2. The maximum absolute atomic E-state index is 7.86. The van der Waals surface area contributed by atoms with Crippen molar-refractivity contribution < 1.29 is 0 Å². The van der Waals surface area contributed by atoms with Crippen molar-refractivity contribution in [3.05, 3.63) is 23.8 Å². The fourth-order valence-electron chi connectivity index (χ4n) is 1.95. The van der Waals surface area contributed by atoms with Gasteiger partial charge in [-0.2, -0.15) is 11.8 Å². The summed E-state index contributed by atoms with van der Waals surface area (Å²) in [5.41, 5.74) is 7.71. The third-order valence-corrected chi connectivity index (χ3v) is 4.78. The molecule has 0 saturated carbocycles. The van der Waals surface area contributed by atoms with Crippen LogP contribution < -0.4 is 10.6 Å². The van der Waals surface area contributed by atoms with Crippen LogP contribution in [0, 0.1) is 5.41 Å². The molecule has 0 spiro atoms. The first-order valence-electron chi connectivity index (χ1n) is 6.34. The average Bonchev–Trinajstić information content (AvgIpc) is 2.38. The third-order valence-electron chi connectivity index (χ3n) is 3.02. The summed E-state index contributed by atoms with van der Waals surface area (Å²) in [7, 11) is 2.07. The molecule has 0 amide bonds. The lowest BCUT2D eigenvalue weighted by atomic mass is 10.1. The van der Waals surface area contributed by atoms with E-state index in [2.05, 4.69) is 32.1 Å². The van der Waals surface area contributed by atoms with Gasteiger partial charge in [-0.3, -0.25) is 5.41 Å². The number of anilines is 1. The zero-order valence-corrected chi connectivity index (χ0v) is 13.7. The van der Waals surface area contributed by atoms with Gasteiger partial charge < -0.3 is 10.6 Å². The lowest BCUT2D eigenvalue weighted by Crippen LogP contribution is -2.33. The fraction of sp³-hybridized carbons (Fsp3) is 0.500. The molecule has 19 heavy (non-hydrogen) atoms. The summed E-state index contributed by atoms with van der Waals surface area (Å²) in [5, 5.41) is 7.86. The van der Waals surface area contributed by atoms with E-state index in [1.165, 1.54) is 0 Å². The van der Waals surface area contributed by atoms with Crippen molar-refractivity contribution >= 4 is 35.0 Å². The zero-order chi connectivity index (χ0) is 14.4.